The molecule has 0 saturated heterocycles. The minimum absolute atomic E-state index is 0.126. The van der Waals surface area contributed by atoms with Gasteiger partial charge in [-0.25, -0.2) is 19.9 Å². The number of fused-ring (bicyclic) bond motifs is 1. The number of methoxy groups -OCH3 is 1. The number of hydrogen-bond acceptors (Lipinski definition) is 9. The molecule has 0 saturated carbocycles. The quantitative estimate of drug-likeness (QED) is 0.380. The minimum Gasteiger partial charge on any atom is -0.467 e. The predicted molar refractivity (Wildman–Crippen MR) is 128 cm³/mol. The summed E-state index contributed by atoms with van der Waals surface area (Å²) in [5.41, 5.74) is 9.88. The lowest BCUT2D eigenvalue weighted by molar-refractivity contribution is 0.175. The summed E-state index contributed by atoms with van der Waals surface area (Å²) in [6.45, 7) is 4.19. The molecule has 4 rings (SSSR count). The second-order valence-corrected chi connectivity index (χ2v) is 8.45. The molecule has 0 radical (unpaired) electrons. The van der Waals surface area contributed by atoms with Crippen LogP contribution in [0.15, 0.2) is 53.0 Å². The summed E-state index contributed by atoms with van der Waals surface area (Å²) in [5, 5.41) is 0. The van der Waals surface area contributed by atoms with Gasteiger partial charge in [-0.05, 0) is 12.0 Å². The van der Waals surface area contributed by atoms with Gasteiger partial charge in [0.05, 0.1) is 25.2 Å². The Hall–Kier alpha value is -3.21. The van der Waals surface area contributed by atoms with Crippen molar-refractivity contribution in [2.24, 2.45) is 5.73 Å². The van der Waals surface area contributed by atoms with Crippen molar-refractivity contribution in [3.63, 3.8) is 0 Å². The predicted octanol–water partition coefficient (Wildman–Crippen LogP) is 2.61. The Morgan fingerprint density at radius 3 is 2.58 bits per heavy atom. The number of ether oxygens (including phenoxy) is 1. The van der Waals surface area contributed by atoms with Gasteiger partial charge in [0, 0.05) is 37.6 Å². The maximum atomic E-state index is 13.4. The van der Waals surface area contributed by atoms with Crippen molar-refractivity contribution in [3.05, 3.63) is 75.5 Å². The van der Waals surface area contributed by atoms with E-state index in [0.29, 0.717) is 48.4 Å². The average Bonchev–Trinajstić information content (AvgIpc) is 3.32. The number of rotatable bonds is 10. The van der Waals surface area contributed by atoms with Crippen LogP contribution in [0.4, 0.5) is 0 Å². The highest BCUT2D eigenvalue weighted by atomic mass is 32.1. The number of nitrogens with zero attached hydrogens (tertiary/aromatic N) is 6. The van der Waals surface area contributed by atoms with E-state index in [1.165, 1.54) is 18.4 Å². The van der Waals surface area contributed by atoms with Gasteiger partial charge in [0.25, 0.3) is 5.56 Å². The van der Waals surface area contributed by atoms with Crippen molar-refractivity contribution < 1.29 is 4.74 Å². The molecule has 0 aliphatic carbocycles. The average molecular weight is 466 g/mol. The van der Waals surface area contributed by atoms with Crippen molar-refractivity contribution in [1.29, 1.82) is 0 Å². The lowest BCUT2D eigenvalue weighted by Gasteiger charge is -2.31. The summed E-state index contributed by atoms with van der Waals surface area (Å²) in [4.78, 5) is 33.9. The zero-order valence-corrected chi connectivity index (χ0v) is 19.5. The molecule has 0 spiro atoms. The van der Waals surface area contributed by atoms with Crippen LogP contribution < -0.4 is 16.0 Å². The molecule has 172 valence electrons. The fourth-order valence-electron chi connectivity index (χ4n) is 3.91. The van der Waals surface area contributed by atoms with E-state index in [4.69, 9.17) is 15.5 Å². The zero-order valence-electron chi connectivity index (χ0n) is 18.7. The highest BCUT2D eigenvalue weighted by Gasteiger charge is 2.26. The first kappa shape index (κ1) is 23.0. The van der Waals surface area contributed by atoms with Gasteiger partial charge in [0.1, 0.15) is 5.82 Å². The van der Waals surface area contributed by atoms with Gasteiger partial charge in [0.15, 0.2) is 10.3 Å². The third-order valence-corrected chi connectivity index (χ3v) is 6.18. The van der Waals surface area contributed by atoms with Gasteiger partial charge in [-0.1, -0.05) is 37.3 Å². The smallest absolute Gasteiger partial charge is 0.316 e. The lowest BCUT2D eigenvalue weighted by atomic mass is 10.1. The SMILES string of the molecule is CCC(c1nc2scnc2c(=O)n1Cc1ccccc1)N(CCN)Cc1cnc(OC)nc1. The largest absolute Gasteiger partial charge is 0.467 e. The molecule has 3 heterocycles. The molecule has 1 atom stereocenters. The van der Waals surface area contributed by atoms with Crippen molar-refractivity contribution in [3.8, 4) is 6.01 Å². The number of thiazole rings is 1. The topological polar surface area (TPSA) is 112 Å². The van der Waals surface area contributed by atoms with Crippen molar-refractivity contribution >= 4 is 21.7 Å². The monoisotopic (exact) mass is 465 g/mol. The summed E-state index contributed by atoms with van der Waals surface area (Å²) in [6.07, 6.45) is 4.25. The van der Waals surface area contributed by atoms with Gasteiger partial charge in [-0.15, -0.1) is 11.3 Å². The van der Waals surface area contributed by atoms with E-state index >= 15 is 0 Å². The molecule has 0 amide bonds. The van der Waals surface area contributed by atoms with Gasteiger partial charge in [0.2, 0.25) is 0 Å². The maximum absolute atomic E-state index is 13.4. The lowest BCUT2D eigenvalue weighted by Crippen LogP contribution is -2.37. The van der Waals surface area contributed by atoms with Crippen LogP contribution in [0.3, 0.4) is 0 Å². The summed E-state index contributed by atoms with van der Waals surface area (Å²) in [7, 11) is 1.54. The van der Waals surface area contributed by atoms with E-state index in [9.17, 15) is 4.79 Å². The highest BCUT2D eigenvalue weighted by molar-refractivity contribution is 7.16. The molecule has 33 heavy (non-hydrogen) atoms. The summed E-state index contributed by atoms with van der Waals surface area (Å²) in [5.74, 6) is 0.714. The number of nitrogens with two attached hydrogens (primary N) is 1. The van der Waals surface area contributed by atoms with Gasteiger partial charge >= 0.3 is 6.01 Å². The molecule has 10 heteroatoms. The first-order valence-electron chi connectivity index (χ1n) is 10.8. The van der Waals surface area contributed by atoms with E-state index in [-0.39, 0.29) is 11.6 Å². The number of aromatic nitrogens is 5. The Morgan fingerprint density at radius 1 is 1.15 bits per heavy atom. The Bertz CT molecular complexity index is 1240. The van der Waals surface area contributed by atoms with E-state index in [1.54, 1.807) is 22.5 Å². The third-order valence-electron chi connectivity index (χ3n) is 5.46. The van der Waals surface area contributed by atoms with E-state index < -0.39 is 0 Å². The molecule has 0 fully saturated rings. The van der Waals surface area contributed by atoms with E-state index in [1.807, 2.05) is 30.3 Å². The first-order chi connectivity index (χ1) is 16.1. The molecule has 4 aromatic rings. The Balaban J connectivity index is 1.76. The first-order valence-corrected chi connectivity index (χ1v) is 11.7. The molecule has 2 N–H and O–H groups in total. The van der Waals surface area contributed by atoms with Gasteiger partial charge in [-0.2, -0.15) is 0 Å². The highest BCUT2D eigenvalue weighted by Crippen LogP contribution is 2.26. The zero-order chi connectivity index (χ0) is 23.2. The molecular weight excluding hydrogens is 438 g/mol. The van der Waals surface area contributed by atoms with Crippen molar-refractivity contribution in [2.45, 2.75) is 32.5 Å². The van der Waals surface area contributed by atoms with Crippen LogP contribution in [0.2, 0.25) is 0 Å². The Kier molecular flexibility index (Phi) is 7.38. The van der Waals surface area contributed by atoms with E-state index in [0.717, 1.165) is 17.5 Å². The fraction of sp³-hybridized carbons (Fsp3) is 0.348. The van der Waals surface area contributed by atoms with Crippen molar-refractivity contribution in [2.75, 3.05) is 20.2 Å². The van der Waals surface area contributed by atoms with Crippen LogP contribution in [-0.2, 0) is 13.1 Å². The van der Waals surface area contributed by atoms with Crippen LogP contribution in [0.5, 0.6) is 6.01 Å². The molecule has 0 aliphatic rings. The standard InChI is InChI=1S/C23H27N7O2S/c1-3-18(29(10-9-24)13-17-11-25-23(32-2)26-12-17)20-28-21-19(27-15-33-21)22(31)30(20)14-16-7-5-4-6-8-16/h4-8,11-12,15,18H,3,9-10,13-14,24H2,1-2H3. The van der Waals surface area contributed by atoms with Crippen LogP contribution in [-0.4, -0.2) is 49.6 Å². The molecule has 9 nitrogen and oxygen atoms in total. The maximum Gasteiger partial charge on any atom is 0.316 e. The second kappa shape index (κ2) is 10.6. The normalized spacial score (nSPS) is 12.4. The van der Waals surface area contributed by atoms with Crippen LogP contribution >= 0.6 is 11.3 Å². The molecular formula is C23H27N7O2S. The summed E-state index contributed by atoms with van der Waals surface area (Å²) in [6, 6.07) is 10.1. The fourth-order valence-corrected chi connectivity index (χ4v) is 4.57. The van der Waals surface area contributed by atoms with Crippen molar-refractivity contribution in [1.82, 2.24) is 29.4 Å². The van der Waals surface area contributed by atoms with Gasteiger partial charge < -0.3 is 10.5 Å². The second-order valence-electron chi connectivity index (χ2n) is 7.61. The Morgan fingerprint density at radius 2 is 1.91 bits per heavy atom. The summed E-state index contributed by atoms with van der Waals surface area (Å²) >= 11 is 1.38. The number of benzene rings is 1. The third kappa shape index (κ3) is 5.08. The molecule has 3 aromatic heterocycles. The van der Waals surface area contributed by atoms with Crippen LogP contribution in [0.25, 0.3) is 10.3 Å². The van der Waals surface area contributed by atoms with Crippen LogP contribution in [0.1, 0.15) is 36.3 Å². The molecule has 0 aliphatic heterocycles. The molecule has 1 aromatic carbocycles. The van der Waals surface area contributed by atoms with Gasteiger partial charge in [-0.3, -0.25) is 14.3 Å². The Labute approximate surface area is 195 Å². The number of hydrogen-bond donors (Lipinski definition) is 1. The molecule has 0 bridgehead atoms. The van der Waals surface area contributed by atoms with E-state index in [2.05, 4.69) is 26.8 Å². The molecule has 1 unspecified atom stereocenters. The van der Waals surface area contributed by atoms with Crippen LogP contribution in [0, 0.1) is 0 Å². The summed E-state index contributed by atoms with van der Waals surface area (Å²) < 4.78 is 6.82. The minimum atomic E-state index is -0.126.